The standard InChI is InChI=1S/C13H22N2O/c1-10-5-4-8-15(9-10)12(16)13(2)7-3-6-11(13)14/h5,11H,3-4,6-9,14H2,1-2H3. The van der Waals surface area contributed by atoms with Gasteiger partial charge >= 0.3 is 0 Å². The van der Waals surface area contributed by atoms with E-state index in [1.807, 2.05) is 11.8 Å². The summed E-state index contributed by atoms with van der Waals surface area (Å²) in [5.41, 5.74) is 7.09. The first-order valence-electron chi connectivity index (χ1n) is 6.24. The molecule has 1 saturated carbocycles. The van der Waals surface area contributed by atoms with Crippen molar-refractivity contribution in [3.05, 3.63) is 11.6 Å². The lowest BCUT2D eigenvalue weighted by Crippen LogP contribution is -2.50. The number of rotatable bonds is 1. The molecule has 1 aliphatic carbocycles. The molecule has 0 spiro atoms. The van der Waals surface area contributed by atoms with Gasteiger partial charge in [0.2, 0.25) is 5.91 Å². The molecule has 2 N–H and O–H groups in total. The Hall–Kier alpha value is -0.830. The van der Waals surface area contributed by atoms with E-state index in [-0.39, 0.29) is 17.4 Å². The lowest BCUT2D eigenvalue weighted by atomic mass is 9.83. The van der Waals surface area contributed by atoms with Gasteiger partial charge < -0.3 is 10.6 Å². The predicted molar refractivity (Wildman–Crippen MR) is 64.9 cm³/mol. The number of nitrogens with zero attached hydrogens (tertiary/aromatic N) is 1. The molecule has 1 aliphatic heterocycles. The van der Waals surface area contributed by atoms with Crippen LogP contribution >= 0.6 is 0 Å². The summed E-state index contributed by atoms with van der Waals surface area (Å²) < 4.78 is 0. The molecule has 90 valence electrons. The molecule has 1 amide bonds. The van der Waals surface area contributed by atoms with Gasteiger partial charge in [0, 0.05) is 19.1 Å². The minimum Gasteiger partial charge on any atom is -0.338 e. The van der Waals surface area contributed by atoms with E-state index in [0.29, 0.717) is 0 Å². The van der Waals surface area contributed by atoms with Crippen LogP contribution in [-0.4, -0.2) is 29.9 Å². The molecular formula is C13H22N2O. The van der Waals surface area contributed by atoms with Gasteiger partial charge in [0.25, 0.3) is 0 Å². The first-order valence-corrected chi connectivity index (χ1v) is 6.24. The molecule has 1 heterocycles. The maximum atomic E-state index is 12.5. The molecule has 16 heavy (non-hydrogen) atoms. The number of amides is 1. The molecule has 3 nitrogen and oxygen atoms in total. The first kappa shape index (κ1) is 11.6. The van der Waals surface area contributed by atoms with Crippen molar-refractivity contribution in [3.8, 4) is 0 Å². The van der Waals surface area contributed by atoms with Crippen molar-refractivity contribution in [2.75, 3.05) is 13.1 Å². The van der Waals surface area contributed by atoms with Gasteiger partial charge in [-0.1, -0.05) is 18.1 Å². The zero-order valence-corrected chi connectivity index (χ0v) is 10.3. The Balaban J connectivity index is 2.10. The van der Waals surface area contributed by atoms with Crippen LogP contribution in [0.5, 0.6) is 0 Å². The average molecular weight is 222 g/mol. The van der Waals surface area contributed by atoms with E-state index in [9.17, 15) is 4.79 Å². The molecule has 2 aliphatic rings. The highest BCUT2D eigenvalue weighted by Crippen LogP contribution is 2.38. The summed E-state index contributed by atoms with van der Waals surface area (Å²) in [5, 5.41) is 0. The quantitative estimate of drug-likeness (QED) is 0.686. The Labute approximate surface area is 97.7 Å². The predicted octanol–water partition coefficient (Wildman–Crippen LogP) is 1.68. The van der Waals surface area contributed by atoms with Crippen molar-refractivity contribution >= 4 is 5.91 Å². The fourth-order valence-electron chi connectivity index (χ4n) is 2.90. The zero-order chi connectivity index (χ0) is 11.8. The van der Waals surface area contributed by atoms with Gasteiger partial charge in [-0.05, 0) is 33.1 Å². The number of nitrogens with two attached hydrogens (primary N) is 1. The van der Waals surface area contributed by atoms with Gasteiger partial charge in [0.15, 0.2) is 0 Å². The molecule has 0 aromatic heterocycles. The van der Waals surface area contributed by atoms with Crippen molar-refractivity contribution in [2.45, 2.75) is 45.6 Å². The van der Waals surface area contributed by atoms with E-state index >= 15 is 0 Å². The molecule has 0 aromatic carbocycles. The van der Waals surface area contributed by atoms with Crippen molar-refractivity contribution in [1.29, 1.82) is 0 Å². The Kier molecular flexibility index (Phi) is 3.06. The van der Waals surface area contributed by atoms with Crippen LogP contribution in [0.3, 0.4) is 0 Å². The highest BCUT2D eigenvalue weighted by Gasteiger charge is 2.45. The summed E-state index contributed by atoms with van der Waals surface area (Å²) in [7, 11) is 0. The van der Waals surface area contributed by atoms with E-state index in [1.165, 1.54) is 5.57 Å². The molecule has 0 radical (unpaired) electrons. The second-order valence-electron chi connectivity index (χ2n) is 5.48. The Morgan fingerprint density at radius 2 is 2.38 bits per heavy atom. The molecule has 2 unspecified atom stereocenters. The van der Waals surface area contributed by atoms with Crippen LogP contribution in [0.4, 0.5) is 0 Å². The number of carbonyl (C=O) groups excluding carboxylic acids is 1. The largest absolute Gasteiger partial charge is 0.338 e. The van der Waals surface area contributed by atoms with Gasteiger partial charge in [0.1, 0.15) is 0 Å². The van der Waals surface area contributed by atoms with Crippen molar-refractivity contribution in [2.24, 2.45) is 11.1 Å². The average Bonchev–Trinajstić information content (AvgIpc) is 2.59. The molecule has 1 fully saturated rings. The second kappa shape index (κ2) is 4.21. The highest BCUT2D eigenvalue weighted by molar-refractivity contribution is 5.84. The van der Waals surface area contributed by atoms with E-state index in [2.05, 4.69) is 13.0 Å². The molecule has 2 atom stereocenters. The van der Waals surface area contributed by atoms with Gasteiger partial charge in [-0.3, -0.25) is 4.79 Å². The second-order valence-corrected chi connectivity index (χ2v) is 5.48. The molecule has 0 bridgehead atoms. The lowest BCUT2D eigenvalue weighted by Gasteiger charge is -2.36. The minimum absolute atomic E-state index is 0.0474. The van der Waals surface area contributed by atoms with Crippen molar-refractivity contribution in [3.63, 3.8) is 0 Å². The molecular weight excluding hydrogens is 200 g/mol. The monoisotopic (exact) mass is 222 g/mol. The summed E-state index contributed by atoms with van der Waals surface area (Å²) in [6.45, 7) is 5.79. The maximum absolute atomic E-state index is 12.5. The molecule has 3 heteroatoms. The third-order valence-corrected chi connectivity index (χ3v) is 4.14. The lowest BCUT2D eigenvalue weighted by molar-refractivity contribution is -0.141. The Bertz CT molecular complexity index is 324. The third-order valence-electron chi connectivity index (χ3n) is 4.14. The Morgan fingerprint density at radius 1 is 1.62 bits per heavy atom. The normalized spacial score (nSPS) is 35.1. The van der Waals surface area contributed by atoms with Gasteiger partial charge in [0.05, 0.1) is 5.41 Å². The van der Waals surface area contributed by atoms with E-state index in [4.69, 9.17) is 5.73 Å². The smallest absolute Gasteiger partial charge is 0.230 e. The summed E-state index contributed by atoms with van der Waals surface area (Å²) in [4.78, 5) is 14.5. The van der Waals surface area contributed by atoms with Crippen LogP contribution in [0.15, 0.2) is 11.6 Å². The van der Waals surface area contributed by atoms with Crippen LogP contribution < -0.4 is 5.73 Å². The molecule has 2 rings (SSSR count). The zero-order valence-electron chi connectivity index (χ0n) is 10.3. The van der Waals surface area contributed by atoms with Gasteiger partial charge in [-0.2, -0.15) is 0 Å². The van der Waals surface area contributed by atoms with Crippen LogP contribution in [0.2, 0.25) is 0 Å². The molecule has 0 saturated heterocycles. The van der Waals surface area contributed by atoms with Crippen molar-refractivity contribution in [1.82, 2.24) is 4.90 Å². The number of carbonyl (C=O) groups is 1. The van der Waals surface area contributed by atoms with Crippen LogP contribution in [0.1, 0.15) is 39.5 Å². The van der Waals surface area contributed by atoms with Crippen LogP contribution in [-0.2, 0) is 4.79 Å². The van der Waals surface area contributed by atoms with Crippen LogP contribution in [0, 0.1) is 5.41 Å². The van der Waals surface area contributed by atoms with E-state index in [1.54, 1.807) is 0 Å². The van der Waals surface area contributed by atoms with E-state index in [0.717, 1.165) is 38.8 Å². The van der Waals surface area contributed by atoms with Gasteiger partial charge in [-0.25, -0.2) is 0 Å². The fourth-order valence-corrected chi connectivity index (χ4v) is 2.90. The SMILES string of the molecule is CC1=CCCN(C(=O)C2(C)CCCC2N)C1. The summed E-state index contributed by atoms with van der Waals surface area (Å²) in [6, 6.07) is 0.0474. The third kappa shape index (κ3) is 1.88. The van der Waals surface area contributed by atoms with Crippen LogP contribution in [0.25, 0.3) is 0 Å². The first-order chi connectivity index (χ1) is 7.54. The van der Waals surface area contributed by atoms with E-state index < -0.39 is 0 Å². The Morgan fingerprint density at radius 3 is 2.94 bits per heavy atom. The van der Waals surface area contributed by atoms with Gasteiger partial charge in [-0.15, -0.1) is 0 Å². The summed E-state index contributed by atoms with van der Waals surface area (Å²) >= 11 is 0. The number of hydrogen-bond donors (Lipinski definition) is 1. The summed E-state index contributed by atoms with van der Waals surface area (Å²) in [6.07, 6.45) is 6.24. The fraction of sp³-hybridized carbons (Fsp3) is 0.769. The minimum atomic E-state index is -0.308. The maximum Gasteiger partial charge on any atom is 0.230 e. The topological polar surface area (TPSA) is 46.3 Å². The van der Waals surface area contributed by atoms with Crippen molar-refractivity contribution < 1.29 is 4.79 Å². The highest BCUT2D eigenvalue weighted by atomic mass is 16.2. The summed E-state index contributed by atoms with van der Waals surface area (Å²) in [5.74, 6) is 0.268. The molecule has 0 aromatic rings. The number of hydrogen-bond acceptors (Lipinski definition) is 2.